The van der Waals surface area contributed by atoms with Gasteiger partial charge in [0.1, 0.15) is 5.22 Å². The number of para-hydroxylation sites is 1. The minimum absolute atomic E-state index is 0. The lowest BCUT2D eigenvalue weighted by Gasteiger charge is -2.05. The van der Waals surface area contributed by atoms with Gasteiger partial charge in [0, 0.05) is 17.8 Å². The molecule has 0 spiro atoms. The van der Waals surface area contributed by atoms with Crippen LogP contribution in [0.3, 0.4) is 0 Å². The van der Waals surface area contributed by atoms with Crippen LogP contribution in [-0.4, -0.2) is 20.7 Å². The van der Waals surface area contributed by atoms with Gasteiger partial charge in [-0.1, -0.05) is 36.8 Å². The molecule has 1 aliphatic rings. The number of nitrogens with one attached hydrogen (secondary N) is 1. The second-order valence-electron chi connectivity index (χ2n) is 8.14. The molecule has 5 nitrogen and oxygen atoms in total. The molecule has 0 aliphatic carbocycles. The number of rotatable bonds is 2. The normalized spacial score (nSPS) is 15.9. The topological polar surface area (TPSA) is 51.3 Å². The SMILES string of the molecule is Br.Cc1ccc(-c2cn3c(n2)c(=C2CCCCCN2)c(=O)n3-c2ccccc2)cc1C. The van der Waals surface area contributed by atoms with Crippen molar-refractivity contribution in [2.24, 2.45) is 0 Å². The Morgan fingerprint density at radius 2 is 1.77 bits per heavy atom. The molecule has 1 N–H and O–H groups in total. The molecule has 0 atom stereocenters. The Balaban J connectivity index is 0.00000231. The number of aryl methyl sites for hydroxylation is 2. The molecular weight excluding hydrogens is 452 g/mol. The molecule has 1 fully saturated rings. The molecule has 1 aliphatic heterocycles. The van der Waals surface area contributed by atoms with Gasteiger partial charge in [-0.3, -0.25) is 4.79 Å². The molecule has 5 rings (SSSR count). The van der Waals surface area contributed by atoms with Crippen LogP contribution in [0.15, 0.2) is 59.5 Å². The van der Waals surface area contributed by atoms with Crippen molar-refractivity contribution in [3.63, 3.8) is 0 Å². The Kier molecular flexibility index (Phi) is 6.01. The minimum Gasteiger partial charge on any atom is -0.388 e. The van der Waals surface area contributed by atoms with Crippen LogP contribution >= 0.6 is 17.0 Å². The first kappa shape index (κ1) is 21.4. The van der Waals surface area contributed by atoms with E-state index in [1.54, 1.807) is 4.68 Å². The third-order valence-corrected chi connectivity index (χ3v) is 6.08. The van der Waals surface area contributed by atoms with E-state index in [0.717, 1.165) is 54.1 Å². The predicted octanol–water partition coefficient (Wildman–Crippen LogP) is 4.34. The van der Waals surface area contributed by atoms with Crippen molar-refractivity contribution in [3.8, 4) is 16.9 Å². The fourth-order valence-electron chi connectivity index (χ4n) is 4.25. The Labute approximate surface area is 192 Å². The molecule has 2 aromatic carbocycles. The van der Waals surface area contributed by atoms with Crippen LogP contribution in [-0.2, 0) is 0 Å². The summed E-state index contributed by atoms with van der Waals surface area (Å²) < 4.78 is 3.65. The second-order valence-corrected chi connectivity index (χ2v) is 8.14. The highest BCUT2D eigenvalue weighted by molar-refractivity contribution is 8.93. The lowest BCUT2D eigenvalue weighted by Crippen LogP contribution is -2.33. The summed E-state index contributed by atoms with van der Waals surface area (Å²) in [6.45, 7) is 5.13. The van der Waals surface area contributed by atoms with Crippen molar-refractivity contribution in [2.45, 2.75) is 39.5 Å². The molecule has 3 heterocycles. The van der Waals surface area contributed by atoms with Gasteiger partial charge in [0.15, 0.2) is 5.65 Å². The summed E-state index contributed by atoms with van der Waals surface area (Å²) in [5.41, 5.74) is 7.03. The summed E-state index contributed by atoms with van der Waals surface area (Å²) in [5, 5.41) is 4.22. The second kappa shape index (κ2) is 8.71. The fraction of sp³-hybridized carbons (Fsp3) is 0.280. The van der Waals surface area contributed by atoms with Crippen molar-refractivity contribution < 1.29 is 0 Å². The number of fused-ring (bicyclic) bond motifs is 1. The Morgan fingerprint density at radius 3 is 2.55 bits per heavy atom. The molecule has 31 heavy (non-hydrogen) atoms. The van der Waals surface area contributed by atoms with Gasteiger partial charge in [-0.2, -0.15) is 0 Å². The first-order valence-electron chi connectivity index (χ1n) is 10.7. The first-order valence-corrected chi connectivity index (χ1v) is 10.7. The smallest absolute Gasteiger partial charge is 0.283 e. The van der Waals surface area contributed by atoms with E-state index >= 15 is 0 Å². The number of aromatic nitrogens is 3. The molecule has 0 unspecified atom stereocenters. The highest BCUT2D eigenvalue weighted by Crippen LogP contribution is 2.22. The third-order valence-electron chi connectivity index (χ3n) is 6.08. The zero-order valence-corrected chi connectivity index (χ0v) is 19.6. The van der Waals surface area contributed by atoms with Crippen LogP contribution in [0.2, 0.25) is 0 Å². The largest absolute Gasteiger partial charge is 0.388 e. The standard InChI is InChI=1S/C25H26N4O.BrH/c1-17-12-13-19(15-18(17)2)22-16-28-24(27-22)23(21-11-7-4-8-14-26-21)25(30)29(28)20-9-5-3-6-10-20;/h3,5-6,9-10,12-13,15-16,26H,4,7-8,11,14H2,1-2H3;1H. The summed E-state index contributed by atoms with van der Waals surface area (Å²) >= 11 is 0. The number of benzene rings is 2. The van der Waals surface area contributed by atoms with Crippen molar-refractivity contribution in [1.82, 2.24) is 19.5 Å². The highest BCUT2D eigenvalue weighted by atomic mass is 79.9. The maximum Gasteiger partial charge on any atom is 0.283 e. The van der Waals surface area contributed by atoms with Crippen molar-refractivity contribution in [2.75, 3.05) is 6.54 Å². The van der Waals surface area contributed by atoms with E-state index in [0.29, 0.717) is 5.22 Å². The monoisotopic (exact) mass is 478 g/mol. The van der Waals surface area contributed by atoms with Gasteiger partial charge in [-0.15, -0.1) is 17.0 Å². The predicted molar refractivity (Wildman–Crippen MR) is 131 cm³/mol. The summed E-state index contributed by atoms with van der Waals surface area (Å²) in [6, 6.07) is 16.2. The van der Waals surface area contributed by atoms with Gasteiger partial charge in [-0.25, -0.2) is 14.2 Å². The highest BCUT2D eigenvalue weighted by Gasteiger charge is 2.19. The van der Waals surface area contributed by atoms with Gasteiger partial charge in [0.05, 0.1) is 17.6 Å². The zero-order chi connectivity index (χ0) is 20.7. The Bertz CT molecular complexity index is 1330. The van der Waals surface area contributed by atoms with Gasteiger partial charge < -0.3 is 5.32 Å². The summed E-state index contributed by atoms with van der Waals surface area (Å²) in [4.78, 5) is 18.5. The van der Waals surface area contributed by atoms with E-state index in [1.165, 1.54) is 17.5 Å². The Morgan fingerprint density at radius 1 is 0.968 bits per heavy atom. The molecule has 2 aromatic heterocycles. The summed E-state index contributed by atoms with van der Waals surface area (Å²) in [6.07, 6.45) is 6.28. The van der Waals surface area contributed by atoms with Crippen LogP contribution in [0.25, 0.3) is 28.3 Å². The van der Waals surface area contributed by atoms with E-state index in [2.05, 4.69) is 37.4 Å². The maximum absolute atomic E-state index is 13.5. The van der Waals surface area contributed by atoms with Crippen LogP contribution in [0, 0.1) is 13.8 Å². The van der Waals surface area contributed by atoms with Gasteiger partial charge >= 0.3 is 0 Å². The van der Waals surface area contributed by atoms with Gasteiger partial charge in [-0.05, 0) is 62.4 Å². The molecular formula is C25H27BrN4O. The molecule has 1 saturated heterocycles. The molecule has 160 valence electrons. The molecule has 0 radical (unpaired) electrons. The van der Waals surface area contributed by atoms with Gasteiger partial charge in [0.2, 0.25) is 0 Å². The van der Waals surface area contributed by atoms with Crippen LogP contribution < -0.4 is 16.1 Å². The zero-order valence-electron chi connectivity index (χ0n) is 17.9. The first-order chi connectivity index (χ1) is 14.6. The molecule has 0 bridgehead atoms. The lowest BCUT2D eigenvalue weighted by molar-refractivity contribution is 0.721. The van der Waals surface area contributed by atoms with Crippen LogP contribution in [0.1, 0.15) is 36.8 Å². The summed E-state index contributed by atoms with van der Waals surface area (Å²) in [5.74, 6) is 0. The molecule has 0 amide bonds. The average Bonchev–Trinajstić information content (AvgIpc) is 3.14. The van der Waals surface area contributed by atoms with E-state index in [1.807, 2.05) is 41.0 Å². The van der Waals surface area contributed by atoms with Crippen molar-refractivity contribution in [3.05, 3.63) is 81.4 Å². The van der Waals surface area contributed by atoms with E-state index in [9.17, 15) is 4.79 Å². The molecule has 0 saturated carbocycles. The number of halogens is 1. The quantitative estimate of drug-likeness (QED) is 0.466. The average molecular weight is 479 g/mol. The lowest BCUT2D eigenvalue weighted by atomic mass is 10.1. The minimum atomic E-state index is -0.0141. The molecule has 4 aromatic rings. The Hall–Kier alpha value is -2.86. The number of hydrogen-bond acceptors (Lipinski definition) is 3. The number of imidazole rings is 1. The van der Waals surface area contributed by atoms with Gasteiger partial charge in [0.25, 0.3) is 5.56 Å². The van der Waals surface area contributed by atoms with Crippen LogP contribution in [0.5, 0.6) is 0 Å². The number of nitrogens with zero attached hydrogens (tertiary/aromatic N) is 3. The van der Waals surface area contributed by atoms with E-state index < -0.39 is 0 Å². The van der Waals surface area contributed by atoms with Crippen molar-refractivity contribution in [1.29, 1.82) is 0 Å². The summed E-state index contributed by atoms with van der Waals surface area (Å²) in [7, 11) is 0. The van der Waals surface area contributed by atoms with Crippen molar-refractivity contribution >= 4 is 28.3 Å². The van der Waals surface area contributed by atoms with Crippen LogP contribution in [0.4, 0.5) is 0 Å². The number of hydrogen-bond donors (Lipinski definition) is 1. The molecule has 6 heteroatoms. The van der Waals surface area contributed by atoms with E-state index in [-0.39, 0.29) is 22.5 Å². The maximum atomic E-state index is 13.5. The third kappa shape index (κ3) is 3.81. The fourth-order valence-corrected chi connectivity index (χ4v) is 4.25. The van der Waals surface area contributed by atoms with E-state index in [4.69, 9.17) is 4.98 Å².